The lowest BCUT2D eigenvalue weighted by Crippen LogP contribution is -2.62. The van der Waals surface area contributed by atoms with Crippen molar-refractivity contribution in [1.29, 1.82) is 5.41 Å². The first kappa shape index (κ1) is 25.1. The van der Waals surface area contributed by atoms with Gasteiger partial charge in [-0.2, -0.15) is 0 Å². The van der Waals surface area contributed by atoms with E-state index in [4.69, 9.17) is 22.6 Å². The average Bonchev–Trinajstić information content (AvgIpc) is 2.75. The number of hydrogen-bond donors (Lipinski definition) is 8. The van der Waals surface area contributed by atoms with Crippen LogP contribution in [0.2, 0.25) is 0 Å². The lowest BCUT2D eigenvalue weighted by atomic mass is 10.0. The molecule has 0 saturated carbocycles. The van der Waals surface area contributed by atoms with E-state index in [0.29, 0.717) is 37.1 Å². The Balaban J connectivity index is 1.73. The van der Waals surface area contributed by atoms with Crippen molar-refractivity contribution in [2.45, 2.75) is 37.8 Å². The minimum Gasteiger partial charge on any atom is -0.384 e. The molecule has 2 atom stereocenters. The van der Waals surface area contributed by atoms with Crippen LogP contribution in [0, 0.1) is 5.41 Å². The van der Waals surface area contributed by atoms with E-state index in [0.717, 1.165) is 0 Å². The summed E-state index contributed by atoms with van der Waals surface area (Å²) in [4.78, 5) is 52.1. The van der Waals surface area contributed by atoms with Gasteiger partial charge in [-0.3, -0.25) is 24.6 Å². The number of benzene rings is 1. The standard InChI is InChI=1S/C20H29N9O4/c21-17(22)11-4-3-5-12(8-11)27-15(30)9-14-19(33)28-13(18(32)29-14)6-1-2-7-25-16(31)10-26-20(23)24/h3-5,8,13-14H,1-2,6-7,9-10H2,(H3,21,22)(H,25,31)(H,27,30)(H,28,33)(H,29,32)(H4,23,24,26)/t13-,14-/m0/s1. The van der Waals surface area contributed by atoms with Crippen molar-refractivity contribution in [3.8, 4) is 0 Å². The van der Waals surface area contributed by atoms with Crippen LogP contribution in [0.3, 0.4) is 0 Å². The number of anilines is 1. The van der Waals surface area contributed by atoms with Crippen molar-refractivity contribution in [1.82, 2.24) is 16.0 Å². The number of carbonyl (C=O) groups excluding carboxylic acids is 4. The fraction of sp³-hybridized carbons (Fsp3) is 0.400. The Bertz CT molecular complexity index is 943. The number of nitrogen functional groups attached to an aromatic ring is 1. The summed E-state index contributed by atoms with van der Waals surface area (Å²) < 4.78 is 0. The van der Waals surface area contributed by atoms with Crippen molar-refractivity contribution in [2.24, 2.45) is 22.2 Å². The fourth-order valence-corrected chi connectivity index (χ4v) is 3.10. The normalized spacial score (nSPS) is 17.3. The topological polar surface area (TPSA) is 231 Å². The zero-order chi connectivity index (χ0) is 24.4. The molecule has 1 aromatic rings. The largest absolute Gasteiger partial charge is 0.384 e. The molecule has 2 rings (SSSR count). The van der Waals surface area contributed by atoms with Crippen molar-refractivity contribution in [3.63, 3.8) is 0 Å². The molecule has 4 amide bonds. The van der Waals surface area contributed by atoms with E-state index in [-0.39, 0.29) is 36.6 Å². The van der Waals surface area contributed by atoms with E-state index < -0.39 is 23.9 Å². The highest BCUT2D eigenvalue weighted by molar-refractivity contribution is 6.02. The third-order valence-corrected chi connectivity index (χ3v) is 4.76. The van der Waals surface area contributed by atoms with Gasteiger partial charge < -0.3 is 38.5 Å². The molecular formula is C20H29N9O4. The summed E-state index contributed by atoms with van der Waals surface area (Å²) >= 11 is 0. The maximum absolute atomic E-state index is 12.3. The zero-order valence-corrected chi connectivity index (χ0v) is 18.0. The zero-order valence-electron chi connectivity index (χ0n) is 18.0. The van der Waals surface area contributed by atoms with Crippen LogP contribution in [0.5, 0.6) is 0 Å². The van der Waals surface area contributed by atoms with E-state index in [1.165, 1.54) is 0 Å². The summed E-state index contributed by atoms with van der Waals surface area (Å²) in [5, 5.41) is 17.9. The molecule has 0 bridgehead atoms. The van der Waals surface area contributed by atoms with Gasteiger partial charge in [0, 0.05) is 17.8 Å². The minimum absolute atomic E-state index is 0.135. The van der Waals surface area contributed by atoms with Crippen LogP contribution in [-0.2, 0) is 19.2 Å². The lowest BCUT2D eigenvalue weighted by molar-refractivity contribution is -0.138. The number of amidine groups is 1. The van der Waals surface area contributed by atoms with Crippen molar-refractivity contribution in [2.75, 3.05) is 18.4 Å². The Morgan fingerprint density at radius 1 is 1.03 bits per heavy atom. The molecule has 11 N–H and O–H groups in total. The second-order valence-corrected chi connectivity index (χ2v) is 7.46. The second kappa shape index (κ2) is 12.0. The third kappa shape index (κ3) is 8.47. The minimum atomic E-state index is -0.987. The summed E-state index contributed by atoms with van der Waals surface area (Å²) in [5.41, 5.74) is 16.6. The highest BCUT2D eigenvalue weighted by atomic mass is 16.2. The lowest BCUT2D eigenvalue weighted by Gasteiger charge is -2.29. The molecular weight excluding hydrogens is 430 g/mol. The van der Waals surface area contributed by atoms with Gasteiger partial charge in [-0.25, -0.2) is 4.99 Å². The Morgan fingerprint density at radius 3 is 2.42 bits per heavy atom. The van der Waals surface area contributed by atoms with Crippen LogP contribution < -0.4 is 38.5 Å². The van der Waals surface area contributed by atoms with Gasteiger partial charge in [0.1, 0.15) is 24.5 Å². The molecule has 1 heterocycles. The number of guanidine groups is 1. The van der Waals surface area contributed by atoms with Gasteiger partial charge in [0.15, 0.2) is 5.96 Å². The van der Waals surface area contributed by atoms with Crippen LogP contribution >= 0.6 is 0 Å². The first-order chi connectivity index (χ1) is 15.7. The van der Waals surface area contributed by atoms with Gasteiger partial charge in [0.05, 0.1) is 6.42 Å². The van der Waals surface area contributed by atoms with Crippen LogP contribution in [0.1, 0.15) is 31.2 Å². The quantitative estimate of drug-likeness (QED) is 0.104. The number of rotatable bonds is 11. The van der Waals surface area contributed by atoms with Gasteiger partial charge in [-0.05, 0) is 31.4 Å². The number of nitrogens with one attached hydrogen (secondary N) is 5. The van der Waals surface area contributed by atoms with E-state index in [9.17, 15) is 19.2 Å². The number of hydrogen-bond acceptors (Lipinski definition) is 6. The Hall–Kier alpha value is -4.16. The molecule has 0 radical (unpaired) electrons. The molecule has 1 aliphatic heterocycles. The summed E-state index contributed by atoms with van der Waals surface area (Å²) in [6.45, 7) is 0.231. The summed E-state index contributed by atoms with van der Waals surface area (Å²) in [7, 11) is 0. The smallest absolute Gasteiger partial charge is 0.243 e. The van der Waals surface area contributed by atoms with E-state index in [1.807, 2.05) is 0 Å². The number of carbonyl (C=O) groups is 4. The monoisotopic (exact) mass is 459 g/mol. The summed E-state index contributed by atoms with van der Waals surface area (Å²) in [6.07, 6.45) is 1.32. The molecule has 33 heavy (non-hydrogen) atoms. The molecule has 1 fully saturated rings. The first-order valence-corrected chi connectivity index (χ1v) is 10.3. The Labute approximate surface area is 190 Å². The highest BCUT2D eigenvalue weighted by Gasteiger charge is 2.34. The number of piperazine rings is 1. The molecule has 178 valence electrons. The fourth-order valence-electron chi connectivity index (χ4n) is 3.10. The van der Waals surface area contributed by atoms with Crippen LogP contribution in [0.4, 0.5) is 5.69 Å². The first-order valence-electron chi connectivity index (χ1n) is 10.3. The maximum Gasteiger partial charge on any atom is 0.243 e. The summed E-state index contributed by atoms with van der Waals surface area (Å²) in [6, 6.07) is 4.75. The number of nitrogens with zero attached hydrogens (tertiary/aromatic N) is 1. The highest BCUT2D eigenvalue weighted by Crippen LogP contribution is 2.12. The van der Waals surface area contributed by atoms with E-state index >= 15 is 0 Å². The molecule has 13 heteroatoms. The molecule has 13 nitrogen and oxygen atoms in total. The van der Waals surface area contributed by atoms with Crippen molar-refractivity contribution in [3.05, 3.63) is 29.8 Å². The van der Waals surface area contributed by atoms with E-state index in [2.05, 4.69) is 26.3 Å². The van der Waals surface area contributed by atoms with Crippen molar-refractivity contribution < 1.29 is 19.2 Å². The van der Waals surface area contributed by atoms with Crippen LogP contribution in [0.15, 0.2) is 29.3 Å². The maximum atomic E-state index is 12.3. The molecule has 1 aliphatic rings. The predicted molar refractivity (Wildman–Crippen MR) is 122 cm³/mol. The SMILES string of the molecule is N=C(N)c1cccc(NC(=O)C[C@@H]2NC(=O)[C@H](CCCCNC(=O)CN=C(N)N)NC2=O)c1. The van der Waals surface area contributed by atoms with Crippen molar-refractivity contribution >= 4 is 41.1 Å². The Kier molecular flexibility index (Phi) is 9.15. The predicted octanol–water partition coefficient (Wildman–Crippen LogP) is -2.16. The molecule has 0 spiro atoms. The van der Waals surface area contributed by atoms with E-state index in [1.54, 1.807) is 24.3 Å². The summed E-state index contributed by atoms with van der Waals surface area (Å²) in [5.74, 6) is -1.90. The second-order valence-electron chi connectivity index (χ2n) is 7.46. The Morgan fingerprint density at radius 2 is 1.73 bits per heavy atom. The van der Waals surface area contributed by atoms with Gasteiger partial charge in [-0.15, -0.1) is 0 Å². The molecule has 0 aliphatic carbocycles. The number of aliphatic imine (C=N–C) groups is 1. The third-order valence-electron chi connectivity index (χ3n) is 4.76. The van der Waals surface area contributed by atoms with Gasteiger partial charge >= 0.3 is 0 Å². The average molecular weight is 460 g/mol. The molecule has 0 unspecified atom stereocenters. The molecule has 1 saturated heterocycles. The van der Waals surface area contributed by atoms with Crippen LogP contribution in [0.25, 0.3) is 0 Å². The van der Waals surface area contributed by atoms with Gasteiger partial charge in [-0.1, -0.05) is 12.1 Å². The van der Waals surface area contributed by atoms with Crippen LogP contribution in [-0.4, -0.2) is 60.6 Å². The number of amides is 4. The van der Waals surface area contributed by atoms with Gasteiger partial charge in [0.2, 0.25) is 23.6 Å². The molecule has 1 aromatic carbocycles. The van der Waals surface area contributed by atoms with Gasteiger partial charge in [0.25, 0.3) is 0 Å². The number of unbranched alkanes of at least 4 members (excludes halogenated alkanes) is 1. The molecule has 0 aromatic heterocycles. The number of nitrogens with two attached hydrogens (primary N) is 3.